The van der Waals surface area contributed by atoms with Gasteiger partial charge in [0.15, 0.2) is 0 Å². The number of hydrogen-bond donors (Lipinski definition) is 1. The summed E-state index contributed by atoms with van der Waals surface area (Å²) in [5.41, 5.74) is 2.32. The number of hydrogen-bond acceptors (Lipinski definition) is 6. The van der Waals surface area contributed by atoms with Gasteiger partial charge in [0.25, 0.3) is 0 Å². The first-order valence-electron chi connectivity index (χ1n) is 9.89. The lowest BCUT2D eigenvalue weighted by atomic mass is 10.1. The lowest BCUT2D eigenvalue weighted by Gasteiger charge is -2.24. The van der Waals surface area contributed by atoms with Crippen molar-refractivity contribution in [3.8, 4) is 0 Å². The summed E-state index contributed by atoms with van der Waals surface area (Å²) in [5, 5.41) is 8.79. The largest absolute Gasteiger partial charge is 0.444 e. The van der Waals surface area contributed by atoms with Crippen molar-refractivity contribution in [3.05, 3.63) is 40.9 Å². The molecule has 1 atom stereocenters. The van der Waals surface area contributed by atoms with Gasteiger partial charge < -0.3 is 15.0 Å². The number of rotatable bonds is 3. The van der Waals surface area contributed by atoms with Gasteiger partial charge in [-0.2, -0.15) is 5.10 Å². The Bertz CT molecular complexity index is 1090. The highest BCUT2D eigenvalue weighted by Gasteiger charge is 2.31. The van der Waals surface area contributed by atoms with E-state index in [4.69, 9.17) is 4.74 Å². The molecule has 0 radical (unpaired) electrons. The van der Waals surface area contributed by atoms with Gasteiger partial charge in [-0.3, -0.25) is 4.68 Å². The van der Waals surface area contributed by atoms with E-state index in [0.29, 0.717) is 13.1 Å². The molecule has 1 aliphatic heterocycles. The Morgan fingerprint density at radius 1 is 1.30 bits per heavy atom. The van der Waals surface area contributed by atoms with Crippen molar-refractivity contribution in [1.29, 1.82) is 0 Å². The Morgan fingerprint density at radius 3 is 2.87 bits per heavy atom. The van der Waals surface area contributed by atoms with Crippen LogP contribution in [0.25, 0.3) is 10.9 Å². The summed E-state index contributed by atoms with van der Waals surface area (Å²) < 4.78 is 8.31. The molecule has 0 saturated carbocycles. The second-order valence-electron chi connectivity index (χ2n) is 8.57. The van der Waals surface area contributed by atoms with Gasteiger partial charge in [0, 0.05) is 29.1 Å². The third-order valence-corrected chi connectivity index (χ3v) is 5.49. The zero-order valence-electron chi connectivity index (χ0n) is 17.5. The highest BCUT2D eigenvalue weighted by Crippen LogP contribution is 2.30. The monoisotopic (exact) mass is 472 g/mol. The average Bonchev–Trinajstić information content (AvgIpc) is 3.30. The minimum Gasteiger partial charge on any atom is -0.444 e. The molecule has 158 valence electrons. The van der Waals surface area contributed by atoms with Gasteiger partial charge >= 0.3 is 6.09 Å². The molecule has 8 nitrogen and oxygen atoms in total. The van der Waals surface area contributed by atoms with E-state index in [1.54, 1.807) is 17.4 Å². The van der Waals surface area contributed by atoms with Crippen molar-refractivity contribution in [1.82, 2.24) is 24.6 Å². The van der Waals surface area contributed by atoms with Crippen molar-refractivity contribution in [3.63, 3.8) is 0 Å². The van der Waals surface area contributed by atoms with Crippen LogP contribution in [0.15, 0.2) is 35.3 Å². The molecule has 1 amide bonds. The Labute approximate surface area is 183 Å². The number of likely N-dealkylation sites (tertiary alicyclic amines) is 1. The smallest absolute Gasteiger partial charge is 0.410 e. The molecule has 1 aromatic carbocycles. The molecule has 1 aliphatic rings. The van der Waals surface area contributed by atoms with Gasteiger partial charge in [0.05, 0.1) is 23.4 Å². The normalized spacial score (nSPS) is 16.8. The van der Waals surface area contributed by atoms with Crippen LogP contribution in [0.1, 0.15) is 38.8 Å². The van der Waals surface area contributed by atoms with Gasteiger partial charge in [-0.25, -0.2) is 14.8 Å². The molecule has 1 fully saturated rings. The van der Waals surface area contributed by atoms with Crippen LogP contribution in [-0.2, 0) is 4.74 Å². The summed E-state index contributed by atoms with van der Waals surface area (Å²) in [6.45, 7) is 8.91. The van der Waals surface area contributed by atoms with Crippen LogP contribution >= 0.6 is 15.9 Å². The van der Waals surface area contributed by atoms with Gasteiger partial charge in [0.2, 0.25) is 0 Å². The standard InChI is InChI=1S/C21H25BrN6O2/c1-13-7-16-18(17(22)8-13)23-12-24-19(16)26-14-9-25-28(10-14)15-5-6-27(11-15)20(29)30-21(2,3)4/h7-10,12,15H,5-6,11H2,1-4H3,(H,23,24,26). The predicted octanol–water partition coefficient (Wildman–Crippen LogP) is 4.82. The molecule has 1 N–H and O–H groups in total. The molecule has 0 spiro atoms. The van der Waals surface area contributed by atoms with Crippen molar-refractivity contribution < 1.29 is 9.53 Å². The number of aromatic nitrogens is 4. The number of nitrogens with one attached hydrogen (secondary N) is 1. The van der Waals surface area contributed by atoms with Crippen molar-refractivity contribution in [2.75, 3.05) is 18.4 Å². The number of carbonyl (C=O) groups excluding carboxylic acids is 1. The number of carbonyl (C=O) groups is 1. The summed E-state index contributed by atoms with van der Waals surface area (Å²) in [6, 6.07) is 4.21. The van der Waals surface area contributed by atoms with Crippen LogP contribution in [0, 0.1) is 6.92 Å². The summed E-state index contributed by atoms with van der Waals surface area (Å²) in [6.07, 6.45) is 5.83. The zero-order valence-corrected chi connectivity index (χ0v) is 19.1. The summed E-state index contributed by atoms with van der Waals surface area (Å²) in [4.78, 5) is 22.8. The Morgan fingerprint density at radius 2 is 2.10 bits per heavy atom. The number of nitrogens with zero attached hydrogens (tertiary/aromatic N) is 5. The number of anilines is 2. The molecule has 1 unspecified atom stereocenters. The predicted molar refractivity (Wildman–Crippen MR) is 119 cm³/mol. The molecule has 30 heavy (non-hydrogen) atoms. The van der Waals surface area contributed by atoms with E-state index >= 15 is 0 Å². The second-order valence-corrected chi connectivity index (χ2v) is 9.42. The number of benzene rings is 1. The van der Waals surface area contributed by atoms with Crippen molar-refractivity contribution in [2.45, 2.75) is 45.8 Å². The highest BCUT2D eigenvalue weighted by molar-refractivity contribution is 9.10. The van der Waals surface area contributed by atoms with Crippen molar-refractivity contribution in [2.24, 2.45) is 0 Å². The molecule has 3 aromatic rings. The summed E-state index contributed by atoms with van der Waals surface area (Å²) >= 11 is 3.57. The maximum atomic E-state index is 12.3. The van der Waals surface area contributed by atoms with E-state index in [-0.39, 0.29) is 12.1 Å². The lowest BCUT2D eigenvalue weighted by molar-refractivity contribution is 0.0288. The van der Waals surface area contributed by atoms with Crippen LogP contribution in [0.3, 0.4) is 0 Å². The van der Waals surface area contributed by atoms with Crippen LogP contribution in [0.2, 0.25) is 0 Å². The first-order valence-corrected chi connectivity index (χ1v) is 10.7. The fraction of sp³-hybridized carbons (Fsp3) is 0.429. The van der Waals surface area contributed by atoms with Gasteiger partial charge in [-0.1, -0.05) is 0 Å². The minimum absolute atomic E-state index is 0.117. The third kappa shape index (κ3) is 4.40. The van der Waals surface area contributed by atoms with E-state index in [1.807, 2.05) is 44.6 Å². The number of aryl methyl sites for hydroxylation is 1. The zero-order chi connectivity index (χ0) is 21.5. The van der Waals surface area contributed by atoms with Crippen LogP contribution in [0.4, 0.5) is 16.3 Å². The van der Waals surface area contributed by atoms with E-state index < -0.39 is 5.60 Å². The van der Waals surface area contributed by atoms with Crippen LogP contribution in [-0.4, -0.2) is 49.4 Å². The maximum absolute atomic E-state index is 12.3. The van der Waals surface area contributed by atoms with Crippen molar-refractivity contribution >= 4 is 44.4 Å². The quantitative estimate of drug-likeness (QED) is 0.587. The molecule has 4 rings (SSSR count). The Balaban J connectivity index is 1.48. The Hall–Kier alpha value is -2.68. The van der Waals surface area contributed by atoms with E-state index in [9.17, 15) is 4.79 Å². The fourth-order valence-electron chi connectivity index (χ4n) is 3.55. The van der Waals surface area contributed by atoms with Crippen LogP contribution in [0.5, 0.6) is 0 Å². The number of ether oxygens (including phenoxy) is 1. The van der Waals surface area contributed by atoms with E-state index in [0.717, 1.165) is 38.9 Å². The summed E-state index contributed by atoms with van der Waals surface area (Å²) in [5.74, 6) is 0.728. The fourth-order valence-corrected chi connectivity index (χ4v) is 4.23. The molecule has 9 heteroatoms. The van der Waals surface area contributed by atoms with Gasteiger partial charge in [0.1, 0.15) is 17.7 Å². The molecular formula is C21H25BrN6O2. The first kappa shape index (κ1) is 20.6. The molecule has 0 aliphatic carbocycles. The third-order valence-electron chi connectivity index (χ3n) is 4.89. The number of amides is 1. The molecular weight excluding hydrogens is 448 g/mol. The molecule has 2 aromatic heterocycles. The molecule has 1 saturated heterocycles. The van der Waals surface area contributed by atoms with E-state index in [2.05, 4.69) is 42.4 Å². The first-order chi connectivity index (χ1) is 14.2. The van der Waals surface area contributed by atoms with Gasteiger partial charge in [-0.15, -0.1) is 0 Å². The second kappa shape index (κ2) is 7.86. The molecule has 3 heterocycles. The minimum atomic E-state index is -0.494. The van der Waals surface area contributed by atoms with Crippen LogP contribution < -0.4 is 5.32 Å². The topological polar surface area (TPSA) is 85.2 Å². The number of halogens is 1. The Kier molecular flexibility index (Phi) is 5.40. The summed E-state index contributed by atoms with van der Waals surface area (Å²) in [7, 11) is 0. The SMILES string of the molecule is Cc1cc(Br)c2ncnc(Nc3cnn(C4CCN(C(=O)OC(C)(C)C)C4)c3)c2c1. The highest BCUT2D eigenvalue weighted by atomic mass is 79.9. The van der Waals surface area contributed by atoms with Gasteiger partial charge in [-0.05, 0) is 67.7 Å². The average molecular weight is 473 g/mol. The maximum Gasteiger partial charge on any atom is 0.410 e. The molecule has 0 bridgehead atoms. The van der Waals surface area contributed by atoms with E-state index in [1.165, 1.54) is 0 Å². The lowest BCUT2D eigenvalue weighted by Crippen LogP contribution is -2.35. The number of fused-ring (bicyclic) bond motifs is 1.